The van der Waals surface area contributed by atoms with E-state index in [-0.39, 0.29) is 17.9 Å². The number of benzene rings is 2. The van der Waals surface area contributed by atoms with E-state index in [1.165, 1.54) is 18.1 Å². The van der Waals surface area contributed by atoms with Crippen LogP contribution in [0.3, 0.4) is 0 Å². The van der Waals surface area contributed by atoms with Gasteiger partial charge < -0.3 is 10.2 Å². The number of carbonyl (C=O) groups is 2. The molecule has 0 saturated heterocycles. The first kappa shape index (κ1) is 15.3. The number of fused-ring (bicyclic) bond motifs is 1. The van der Waals surface area contributed by atoms with E-state index < -0.39 is 0 Å². The van der Waals surface area contributed by atoms with Crippen molar-refractivity contribution in [1.82, 2.24) is 4.90 Å². The van der Waals surface area contributed by atoms with Crippen LogP contribution in [0.1, 0.15) is 41.4 Å². The average Bonchev–Trinajstić information content (AvgIpc) is 2.54. The number of hydrogen-bond donors (Lipinski definition) is 1. The number of amides is 2. The van der Waals surface area contributed by atoms with Gasteiger partial charge in [-0.3, -0.25) is 9.59 Å². The van der Waals surface area contributed by atoms with Crippen LogP contribution in [0.15, 0.2) is 48.5 Å². The molecule has 1 aliphatic heterocycles. The first-order valence-corrected chi connectivity index (χ1v) is 7.82. The van der Waals surface area contributed by atoms with Gasteiger partial charge in [0.2, 0.25) is 5.91 Å². The number of nitrogens with zero attached hydrogens (tertiary/aromatic N) is 1. The Balaban J connectivity index is 1.85. The van der Waals surface area contributed by atoms with E-state index in [0.29, 0.717) is 17.8 Å². The summed E-state index contributed by atoms with van der Waals surface area (Å²) in [4.78, 5) is 25.9. The molecule has 3 rings (SSSR count). The van der Waals surface area contributed by atoms with Crippen LogP contribution < -0.4 is 5.32 Å². The molecule has 0 bridgehead atoms. The minimum Gasteiger partial charge on any atom is -0.332 e. The van der Waals surface area contributed by atoms with E-state index >= 15 is 0 Å². The van der Waals surface area contributed by atoms with Crippen molar-refractivity contribution in [3.05, 3.63) is 65.2 Å². The molecule has 1 aliphatic rings. The van der Waals surface area contributed by atoms with Gasteiger partial charge in [0.25, 0.3) is 5.91 Å². The maximum Gasteiger partial charge on any atom is 0.254 e. The van der Waals surface area contributed by atoms with Gasteiger partial charge in [0.05, 0.1) is 6.04 Å². The molecule has 1 unspecified atom stereocenters. The molecule has 0 spiro atoms. The second kappa shape index (κ2) is 6.24. The third kappa shape index (κ3) is 3.11. The number of nitrogens with one attached hydrogen (secondary N) is 1. The van der Waals surface area contributed by atoms with Crippen molar-refractivity contribution < 1.29 is 9.59 Å². The molecule has 4 heteroatoms. The predicted octanol–water partition coefficient (Wildman–Crippen LogP) is 3.40. The molecule has 0 aromatic heterocycles. The second-order valence-electron chi connectivity index (χ2n) is 5.89. The van der Waals surface area contributed by atoms with Crippen LogP contribution in [-0.4, -0.2) is 23.3 Å². The number of rotatable bonds is 2. The van der Waals surface area contributed by atoms with Crippen molar-refractivity contribution in [2.75, 3.05) is 11.9 Å². The zero-order valence-electron chi connectivity index (χ0n) is 13.4. The topological polar surface area (TPSA) is 49.4 Å². The number of anilines is 1. The van der Waals surface area contributed by atoms with E-state index in [0.717, 1.165) is 6.42 Å². The smallest absolute Gasteiger partial charge is 0.254 e. The standard InChI is InChI=1S/C19H20N2O2/c1-13-18-9-4-3-6-15(18)10-11-21(13)19(23)16-7-5-8-17(12-16)20-14(2)22/h3-9,12-13H,10-11H2,1-2H3,(H,20,22). The molecule has 0 saturated carbocycles. The number of carbonyl (C=O) groups excluding carboxylic acids is 2. The molecule has 2 aromatic carbocycles. The Morgan fingerprint density at radius 1 is 1.13 bits per heavy atom. The molecular formula is C19H20N2O2. The lowest BCUT2D eigenvalue weighted by Gasteiger charge is -2.35. The van der Waals surface area contributed by atoms with Gasteiger partial charge in [-0.15, -0.1) is 0 Å². The van der Waals surface area contributed by atoms with E-state index in [1.807, 2.05) is 17.0 Å². The molecule has 0 fully saturated rings. The van der Waals surface area contributed by atoms with E-state index in [9.17, 15) is 9.59 Å². The zero-order chi connectivity index (χ0) is 16.4. The van der Waals surface area contributed by atoms with Crippen molar-refractivity contribution in [3.8, 4) is 0 Å². The third-order valence-electron chi connectivity index (χ3n) is 4.29. The molecule has 0 radical (unpaired) electrons. The third-order valence-corrected chi connectivity index (χ3v) is 4.29. The SMILES string of the molecule is CC(=O)Nc1cccc(C(=O)N2CCc3ccccc3C2C)c1. The first-order valence-electron chi connectivity index (χ1n) is 7.82. The monoisotopic (exact) mass is 308 g/mol. The highest BCUT2D eigenvalue weighted by molar-refractivity contribution is 5.97. The summed E-state index contributed by atoms with van der Waals surface area (Å²) in [6.07, 6.45) is 0.873. The Morgan fingerprint density at radius 2 is 1.91 bits per heavy atom. The van der Waals surface area contributed by atoms with Crippen LogP contribution in [0.25, 0.3) is 0 Å². The second-order valence-corrected chi connectivity index (χ2v) is 5.89. The van der Waals surface area contributed by atoms with Crippen LogP contribution in [0, 0.1) is 0 Å². The van der Waals surface area contributed by atoms with Gasteiger partial charge in [-0.1, -0.05) is 30.3 Å². The fourth-order valence-corrected chi connectivity index (χ4v) is 3.15. The van der Waals surface area contributed by atoms with Gasteiger partial charge in [-0.25, -0.2) is 0 Å². The minimum atomic E-state index is -0.144. The normalized spacial score (nSPS) is 16.6. The maximum absolute atomic E-state index is 12.9. The Morgan fingerprint density at radius 3 is 2.70 bits per heavy atom. The van der Waals surface area contributed by atoms with Gasteiger partial charge in [0.1, 0.15) is 0 Å². The zero-order valence-corrected chi connectivity index (χ0v) is 13.4. The molecule has 2 aromatic rings. The lowest BCUT2D eigenvalue weighted by molar-refractivity contribution is -0.114. The molecular weight excluding hydrogens is 288 g/mol. The Kier molecular flexibility index (Phi) is 4.15. The van der Waals surface area contributed by atoms with Crippen molar-refractivity contribution in [2.24, 2.45) is 0 Å². The summed E-state index contributed by atoms with van der Waals surface area (Å²) >= 11 is 0. The lowest BCUT2D eigenvalue weighted by Crippen LogP contribution is -2.38. The highest BCUT2D eigenvalue weighted by Crippen LogP contribution is 2.30. The van der Waals surface area contributed by atoms with Gasteiger partial charge in [-0.05, 0) is 42.7 Å². The Labute approximate surface area is 136 Å². The summed E-state index contributed by atoms with van der Waals surface area (Å²) < 4.78 is 0. The van der Waals surface area contributed by atoms with Gasteiger partial charge >= 0.3 is 0 Å². The molecule has 4 nitrogen and oxygen atoms in total. The highest BCUT2D eigenvalue weighted by Gasteiger charge is 2.28. The maximum atomic E-state index is 12.9. The van der Waals surface area contributed by atoms with Crippen molar-refractivity contribution in [2.45, 2.75) is 26.3 Å². The molecule has 2 amide bonds. The van der Waals surface area contributed by atoms with Gasteiger partial charge in [0.15, 0.2) is 0 Å². The molecule has 23 heavy (non-hydrogen) atoms. The molecule has 0 aliphatic carbocycles. The van der Waals surface area contributed by atoms with Crippen LogP contribution in [0.4, 0.5) is 5.69 Å². The van der Waals surface area contributed by atoms with Crippen molar-refractivity contribution in [1.29, 1.82) is 0 Å². The highest BCUT2D eigenvalue weighted by atomic mass is 16.2. The summed E-state index contributed by atoms with van der Waals surface area (Å²) in [6, 6.07) is 15.4. The largest absolute Gasteiger partial charge is 0.332 e. The molecule has 118 valence electrons. The molecule has 1 atom stereocenters. The Hall–Kier alpha value is -2.62. The Bertz CT molecular complexity index is 755. The summed E-state index contributed by atoms with van der Waals surface area (Å²) in [5.41, 5.74) is 3.78. The fraction of sp³-hybridized carbons (Fsp3) is 0.263. The van der Waals surface area contributed by atoms with E-state index in [1.54, 1.807) is 24.3 Å². The van der Waals surface area contributed by atoms with Crippen LogP contribution in [0.2, 0.25) is 0 Å². The van der Waals surface area contributed by atoms with Crippen molar-refractivity contribution >= 4 is 17.5 Å². The number of hydrogen-bond acceptors (Lipinski definition) is 2. The summed E-state index contributed by atoms with van der Waals surface area (Å²) in [5.74, 6) is -0.144. The van der Waals surface area contributed by atoms with Gasteiger partial charge in [-0.2, -0.15) is 0 Å². The molecule has 1 N–H and O–H groups in total. The predicted molar refractivity (Wildman–Crippen MR) is 90.3 cm³/mol. The lowest BCUT2D eigenvalue weighted by atomic mass is 9.93. The molecule has 1 heterocycles. The van der Waals surface area contributed by atoms with Crippen LogP contribution in [-0.2, 0) is 11.2 Å². The van der Waals surface area contributed by atoms with Crippen molar-refractivity contribution in [3.63, 3.8) is 0 Å². The van der Waals surface area contributed by atoms with Crippen LogP contribution >= 0.6 is 0 Å². The minimum absolute atomic E-state index is 0.000736. The summed E-state index contributed by atoms with van der Waals surface area (Å²) in [7, 11) is 0. The van der Waals surface area contributed by atoms with Crippen LogP contribution in [0.5, 0.6) is 0 Å². The fourth-order valence-electron chi connectivity index (χ4n) is 3.15. The van der Waals surface area contributed by atoms with E-state index in [2.05, 4.69) is 24.4 Å². The van der Waals surface area contributed by atoms with Gasteiger partial charge in [0, 0.05) is 24.7 Å². The average molecular weight is 308 g/mol. The summed E-state index contributed by atoms with van der Waals surface area (Å²) in [6.45, 7) is 4.23. The summed E-state index contributed by atoms with van der Waals surface area (Å²) in [5, 5.41) is 2.72. The quantitative estimate of drug-likeness (QED) is 0.924. The first-order chi connectivity index (χ1) is 11.1. The van der Waals surface area contributed by atoms with E-state index in [4.69, 9.17) is 0 Å².